The van der Waals surface area contributed by atoms with Gasteiger partial charge in [0.05, 0.1) is 11.3 Å². The van der Waals surface area contributed by atoms with Crippen molar-refractivity contribution in [3.63, 3.8) is 0 Å². The van der Waals surface area contributed by atoms with E-state index in [0.29, 0.717) is 17.3 Å². The number of rotatable bonds is 3. The number of aromatic nitrogens is 4. The molecule has 3 aromatic rings. The van der Waals surface area contributed by atoms with E-state index >= 15 is 0 Å². The molecule has 1 aliphatic heterocycles. The van der Waals surface area contributed by atoms with Crippen LogP contribution in [0.2, 0.25) is 0 Å². The number of nitrogens with zero attached hydrogens (tertiary/aromatic N) is 4. The van der Waals surface area contributed by atoms with Crippen molar-refractivity contribution in [1.29, 1.82) is 0 Å². The summed E-state index contributed by atoms with van der Waals surface area (Å²) in [6.45, 7) is 5.30. The van der Waals surface area contributed by atoms with Crippen LogP contribution in [0.4, 0.5) is 0 Å². The van der Waals surface area contributed by atoms with Crippen LogP contribution in [0, 0.1) is 19.8 Å². The predicted octanol–water partition coefficient (Wildman–Crippen LogP) is 3.06. The summed E-state index contributed by atoms with van der Waals surface area (Å²) in [6, 6.07) is 4.24. The molecule has 1 atom stereocenters. The molecule has 0 aromatic carbocycles. The molecule has 1 N–H and O–H groups in total. The third-order valence-corrected chi connectivity index (χ3v) is 5.12. The number of aromatic amines is 1. The molecule has 6 heteroatoms. The van der Waals surface area contributed by atoms with E-state index in [4.69, 9.17) is 0 Å². The van der Waals surface area contributed by atoms with Crippen LogP contribution in [-0.4, -0.2) is 43.8 Å². The Morgan fingerprint density at radius 2 is 2.19 bits per heavy atom. The van der Waals surface area contributed by atoms with E-state index in [2.05, 4.69) is 26.0 Å². The van der Waals surface area contributed by atoms with Crippen molar-refractivity contribution in [1.82, 2.24) is 24.8 Å². The number of H-pyrrole nitrogens is 1. The van der Waals surface area contributed by atoms with Crippen LogP contribution in [0.3, 0.4) is 0 Å². The van der Waals surface area contributed by atoms with Gasteiger partial charge in [0, 0.05) is 37.1 Å². The maximum Gasteiger partial charge on any atom is 0.257 e. The Morgan fingerprint density at radius 1 is 1.31 bits per heavy atom. The number of nitrogens with one attached hydrogen (secondary N) is 1. The van der Waals surface area contributed by atoms with Crippen LogP contribution in [-0.2, 0) is 6.42 Å². The number of hydrogen-bond acceptors (Lipinski definition) is 4. The lowest BCUT2D eigenvalue weighted by Gasteiger charge is -2.33. The highest BCUT2D eigenvalue weighted by Crippen LogP contribution is 2.23. The molecule has 4 heterocycles. The zero-order chi connectivity index (χ0) is 18.1. The first-order chi connectivity index (χ1) is 12.6. The highest BCUT2D eigenvalue weighted by Gasteiger charge is 2.26. The van der Waals surface area contributed by atoms with Crippen molar-refractivity contribution in [2.45, 2.75) is 33.1 Å². The van der Waals surface area contributed by atoms with Gasteiger partial charge in [-0.15, -0.1) is 0 Å². The Hall–Kier alpha value is -2.76. The first-order valence-electron chi connectivity index (χ1n) is 9.11. The second-order valence-corrected chi connectivity index (χ2v) is 7.14. The minimum atomic E-state index is 0.0476. The monoisotopic (exact) mass is 349 g/mol. The highest BCUT2D eigenvalue weighted by atomic mass is 16.2. The van der Waals surface area contributed by atoms with Gasteiger partial charge in [-0.3, -0.25) is 4.79 Å². The molecule has 0 saturated carbocycles. The molecule has 134 valence electrons. The molecule has 0 spiro atoms. The Morgan fingerprint density at radius 3 is 3.04 bits per heavy atom. The largest absolute Gasteiger partial charge is 0.346 e. The van der Waals surface area contributed by atoms with Crippen LogP contribution in [0.15, 0.2) is 30.7 Å². The minimum Gasteiger partial charge on any atom is -0.346 e. The summed E-state index contributed by atoms with van der Waals surface area (Å²) in [5, 5.41) is 1.14. The maximum atomic E-state index is 12.9. The molecule has 0 bridgehead atoms. The highest BCUT2D eigenvalue weighted by molar-refractivity contribution is 5.95. The molecule has 0 unspecified atom stereocenters. The van der Waals surface area contributed by atoms with Crippen molar-refractivity contribution < 1.29 is 4.79 Å². The SMILES string of the molecule is Cc1ncc(C(=O)N2CCC[C@H](Cc3cnc4[nH]ccc4c3)C2)c(C)n1. The van der Waals surface area contributed by atoms with Crippen molar-refractivity contribution in [2.75, 3.05) is 13.1 Å². The summed E-state index contributed by atoms with van der Waals surface area (Å²) < 4.78 is 0. The second-order valence-electron chi connectivity index (χ2n) is 7.14. The van der Waals surface area contributed by atoms with Gasteiger partial charge in [0.2, 0.25) is 0 Å². The van der Waals surface area contributed by atoms with Gasteiger partial charge in [-0.2, -0.15) is 0 Å². The van der Waals surface area contributed by atoms with Gasteiger partial charge in [-0.25, -0.2) is 15.0 Å². The van der Waals surface area contributed by atoms with E-state index in [1.807, 2.05) is 37.2 Å². The van der Waals surface area contributed by atoms with Crippen LogP contribution in [0.25, 0.3) is 11.0 Å². The summed E-state index contributed by atoms with van der Waals surface area (Å²) in [5.74, 6) is 1.20. The summed E-state index contributed by atoms with van der Waals surface area (Å²) in [5.41, 5.74) is 3.52. The van der Waals surface area contributed by atoms with Crippen LogP contribution in [0.1, 0.15) is 40.3 Å². The predicted molar refractivity (Wildman–Crippen MR) is 99.9 cm³/mol. The lowest BCUT2D eigenvalue weighted by Crippen LogP contribution is -2.41. The Labute approximate surface area is 152 Å². The van der Waals surface area contributed by atoms with Gasteiger partial charge in [0.1, 0.15) is 11.5 Å². The lowest BCUT2D eigenvalue weighted by atomic mass is 9.91. The zero-order valence-electron chi connectivity index (χ0n) is 15.2. The number of likely N-dealkylation sites (tertiary alicyclic amines) is 1. The number of amides is 1. The molecular formula is C20H23N5O. The van der Waals surface area contributed by atoms with Gasteiger partial charge < -0.3 is 9.88 Å². The van der Waals surface area contributed by atoms with Crippen LogP contribution >= 0.6 is 0 Å². The summed E-state index contributed by atoms with van der Waals surface area (Å²) in [4.78, 5) is 31.0. The minimum absolute atomic E-state index is 0.0476. The first-order valence-corrected chi connectivity index (χ1v) is 9.11. The fraction of sp³-hybridized carbons (Fsp3) is 0.400. The molecule has 0 radical (unpaired) electrons. The standard InChI is InChI=1S/C20H23N5O/c1-13-18(11-22-14(2)24-13)20(26)25-7-3-4-15(12-25)8-16-9-17-5-6-21-19(17)23-10-16/h5-6,9-11,15H,3-4,7-8,12H2,1-2H3,(H,21,23)/t15-/m1/s1. The Balaban J connectivity index is 1.47. The molecule has 1 saturated heterocycles. The normalized spacial score (nSPS) is 17.6. The molecule has 1 amide bonds. The summed E-state index contributed by atoms with van der Waals surface area (Å²) >= 11 is 0. The van der Waals surface area contributed by atoms with Crippen LogP contribution < -0.4 is 0 Å². The molecule has 6 nitrogen and oxygen atoms in total. The number of aryl methyl sites for hydroxylation is 2. The van der Waals surface area contributed by atoms with E-state index in [1.54, 1.807) is 6.20 Å². The first kappa shape index (κ1) is 16.7. The average molecular weight is 349 g/mol. The van der Waals surface area contributed by atoms with E-state index < -0.39 is 0 Å². The maximum absolute atomic E-state index is 12.9. The number of carbonyl (C=O) groups is 1. The zero-order valence-corrected chi connectivity index (χ0v) is 15.2. The van der Waals surface area contributed by atoms with Crippen molar-refractivity contribution in [3.8, 4) is 0 Å². The van der Waals surface area contributed by atoms with Crippen molar-refractivity contribution in [2.24, 2.45) is 5.92 Å². The second kappa shape index (κ2) is 6.86. The Bertz CT molecular complexity index is 948. The number of pyridine rings is 1. The number of carbonyl (C=O) groups excluding carboxylic acids is 1. The third-order valence-electron chi connectivity index (χ3n) is 5.12. The van der Waals surface area contributed by atoms with Gasteiger partial charge in [0.15, 0.2) is 0 Å². The summed E-state index contributed by atoms with van der Waals surface area (Å²) in [6.07, 6.45) is 8.63. The molecule has 1 fully saturated rings. The van der Waals surface area contributed by atoms with Crippen molar-refractivity contribution >= 4 is 16.9 Å². The van der Waals surface area contributed by atoms with Gasteiger partial charge in [-0.05, 0) is 56.7 Å². The van der Waals surface area contributed by atoms with E-state index in [9.17, 15) is 4.79 Å². The fourth-order valence-electron chi connectivity index (χ4n) is 3.81. The van der Waals surface area contributed by atoms with E-state index in [1.165, 1.54) is 5.56 Å². The van der Waals surface area contributed by atoms with Crippen molar-refractivity contribution in [3.05, 3.63) is 53.4 Å². The van der Waals surface area contributed by atoms with Gasteiger partial charge in [-0.1, -0.05) is 0 Å². The average Bonchev–Trinajstić information content (AvgIpc) is 3.09. The van der Waals surface area contributed by atoms with E-state index in [0.717, 1.165) is 49.1 Å². The van der Waals surface area contributed by atoms with Gasteiger partial charge in [0.25, 0.3) is 5.91 Å². The number of fused-ring (bicyclic) bond motifs is 1. The quantitative estimate of drug-likeness (QED) is 0.788. The molecule has 4 rings (SSSR count). The molecule has 26 heavy (non-hydrogen) atoms. The third kappa shape index (κ3) is 3.31. The number of piperidine rings is 1. The van der Waals surface area contributed by atoms with Crippen LogP contribution in [0.5, 0.6) is 0 Å². The smallest absolute Gasteiger partial charge is 0.257 e. The topological polar surface area (TPSA) is 74.8 Å². The molecule has 0 aliphatic carbocycles. The molecular weight excluding hydrogens is 326 g/mol. The lowest BCUT2D eigenvalue weighted by molar-refractivity contribution is 0.0671. The van der Waals surface area contributed by atoms with Gasteiger partial charge >= 0.3 is 0 Å². The number of hydrogen-bond donors (Lipinski definition) is 1. The molecule has 3 aromatic heterocycles. The Kier molecular flexibility index (Phi) is 4.41. The van der Waals surface area contributed by atoms with E-state index in [-0.39, 0.29) is 5.91 Å². The molecule has 1 aliphatic rings. The summed E-state index contributed by atoms with van der Waals surface area (Å²) in [7, 11) is 0. The fourth-order valence-corrected chi connectivity index (χ4v) is 3.81.